The third kappa shape index (κ3) is 7.07. The van der Waals surface area contributed by atoms with Crippen molar-refractivity contribution in [2.24, 2.45) is 0 Å². The Balaban J connectivity index is 2.02. The fourth-order valence-corrected chi connectivity index (χ4v) is 3.98. The number of allylic oxidation sites excluding steroid dienone is 2. The van der Waals surface area contributed by atoms with Gasteiger partial charge in [-0.2, -0.15) is 0 Å². The van der Waals surface area contributed by atoms with Crippen LogP contribution in [-0.2, 0) is 24.0 Å². The zero-order valence-corrected chi connectivity index (χ0v) is 21.1. The van der Waals surface area contributed by atoms with Gasteiger partial charge in [-0.05, 0) is 65.9 Å². The van der Waals surface area contributed by atoms with E-state index in [-0.39, 0.29) is 13.4 Å². The van der Waals surface area contributed by atoms with Gasteiger partial charge in [-0.3, -0.25) is 0 Å². The average Bonchev–Trinajstić information content (AvgIpc) is 2.85. The number of methoxy groups -OCH3 is 1. The maximum absolute atomic E-state index is 10.1. The normalized spacial score (nSPS) is 11.6. The fourth-order valence-electron chi connectivity index (χ4n) is 3.72. The topological polar surface area (TPSA) is 47.9 Å². The van der Waals surface area contributed by atoms with E-state index in [0.29, 0.717) is 17.9 Å². The van der Waals surface area contributed by atoms with Gasteiger partial charge in [0.25, 0.3) is 0 Å². The summed E-state index contributed by atoms with van der Waals surface area (Å²) in [5, 5.41) is 10.1. The lowest BCUT2D eigenvalue weighted by molar-refractivity contribution is 0.0515. The monoisotopic (exact) mass is 522 g/mol. The molecule has 0 aliphatic carbocycles. The van der Waals surface area contributed by atoms with Crippen molar-refractivity contribution >= 4 is 15.9 Å². The summed E-state index contributed by atoms with van der Waals surface area (Å²) in [4.78, 5) is 0. The van der Waals surface area contributed by atoms with Gasteiger partial charge in [0, 0.05) is 29.1 Å². The first kappa shape index (κ1) is 25.8. The Hall–Kier alpha value is -2.86. The summed E-state index contributed by atoms with van der Waals surface area (Å²) < 4.78 is 18.4. The lowest BCUT2D eigenvalue weighted by Gasteiger charge is -2.22. The van der Waals surface area contributed by atoms with Gasteiger partial charge in [0.2, 0.25) is 0 Å². The molecule has 0 saturated carbocycles. The Morgan fingerprint density at radius 2 is 1.41 bits per heavy atom. The molecule has 1 unspecified atom stereocenters. The number of ether oxygens (including phenoxy) is 3. The van der Waals surface area contributed by atoms with Crippen LogP contribution >= 0.6 is 15.9 Å². The maximum Gasteiger partial charge on any atom is 0.188 e. The summed E-state index contributed by atoms with van der Waals surface area (Å²) >= 11 is 3.46. The molecular weight excluding hydrogens is 492 g/mol. The molecule has 5 heteroatoms. The summed E-state index contributed by atoms with van der Waals surface area (Å²) in [5.74, 6) is 1.38. The number of hydrogen-bond acceptors (Lipinski definition) is 4. The van der Waals surface area contributed by atoms with E-state index in [2.05, 4.69) is 41.2 Å². The summed E-state index contributed by atoms with van der Waals surface area (Å²) in [6.45, 7) is 7.77. The number of benzene rings is 3. The highest BCUT2D eigenvalue weighted by Crippen LogP contribution is 2.39. The largest absolute Gasteiger partial charge is 0.487 e. The molecule has 178 valence electrons. The van der Waals surface area contributed by atoms with Crippen LogP contribution in [0.25, 0.3) is 11.1 Å². The Morgan fingerprint density at radius 3 is 1.97 bits per heavy atom. The van der Waals surface area contributed by atoms with E-state index in [1.54, 1.807) is 7.11 Å². The Morgan fingerprint density at radius 1 is 0.853 bits per heavy atom. The van der Waals surface area contributed by atoms with Crippen LogP contribution in [0.4, 0.5) is 0 Å². The molecule has 4 nitrogen and oxygen atoms in total. The molecule has 0 amide bonds. The van der Waals surface area contributed by atoms with Gasteiger partial charge in [0.1, 0.15) is 17.6 Å². The SMILES string of the molecule is C=CCc1ccc(OCOC)c(-c2cc(CC=C)ccc2OC(CO)Cc2ccc(Br)cc2)c1. The van der Waals surface area contributed by atoms with Crippen molar-refractivity contribution in [2.45, 2.75) is 25.4 Å². The molecule has 1 atom stereocenters. The van der Waals surface area contributed by atoms with Crippen molar-refractivity contribution in [3.63, 3.8) is 0 Å². The smallest absolute Gasteiger partial charge is 0.188 e. The third-order valence-electron chi connectivity index (χ3n) is 5.34. The molecule has 0 bridgehead atoms. The summed E-state index contributed by atoms with van der Waals surface area (Å²) in [7, 11) is 1.60. The first-order valence-corrected chi connectivity index (χ1v) is 12.0. The van der Waals surface area contributed by atoms with Gasteiger partial charge >= 0.3 is 0 Å². The van der Waals surface area contributed by atoms with Gasteiger partial charge in [0.15, 0.2) is 6.79 Å². The molecular formula is C29H31BrO4. The first-order valence-electron chi connectivity index (χ1n) is 11.2. The highest BCUT2D eigenvalue weighted by molar-refractivity contribution is 9.10. The highest BCUT2D eigenvalue weighted by Gasteiger charge is 2.18. The van der Waals surface area contributed by atoms with Gasteiger partial charge in [0.05, 0.1) is 6.61 Å². The number of aliphatic hydroxyl groups excluding tert-OH is 1. The van der Waals surface area contributed by atoms with Crippen LogP contribution in [0.3, 0.4) is 0 Å². The minimum atomic E-state index is -0.398. The molecule has 0 aliphatic rings. The van der Waals surface area contributed by atoms with E-state index < -0.39 is 6.10 Å². The lowest BCUT2D eigenvalue weighted by Crippen LogP contribution is -2.24. The number of aliphatic hydroxyl groups is 1. The number of rotatable bonds is 13. The van der Waals surface area contributed by atoms with E-state index in [1.807, 2.05) is 60.7 Å². The molecule has 3 aromatic carbocycles. The van der Waals surface area contributed by atoms with Crippen molar-refractivity contribution in [1.29, 1.82) is 0 Å². The van der Waals surface area contributed by atoms with E-state index in [4.69, 9.17) is 14.2 Å². The van der Waals surface area contributed by atoms with Crippen LogP contribution in [-0.4, -0.2) is 31.7 Å². The van der Waals surface area contributed by atoms with Crippen molar-refractivity contribution in [2.75, 3.05) is 20.5 Å². The summed E-state index contributed by atoms with van der Waals surface area (Å²) in [5.41, 5.74) is 5.11. The molecule has 3 aromatic rings. The number of halogens is 1. The van der Waals surface area contributed by atoms with E-state index in [9.17, 15) is 5.11 Å². The first-order chi connectivity index (χ1) is 16.6. The van der Waals surface area contributed by atoms with Gasteiger partial charge in [-0.15, -0.1) is 13.2 Å². The zero-order chi connectivity index (χ0) is 24.3. The van der Waals surface area contributed by atoms with Crippen LogP contribution in [0.2, 0.25) is 0 Å². The summed E-state index contributed by atoms with van der Waals surface area (Å²) in [6, 6.07) is 20.2. The minimum Gasteiger partial charge on any atom is -0.487 e. The molecule has 34 heavy (non-hydrogen) atoms. The molecule has 3 rings (SSSR count). The fraction of sp³-hybridized carbons (Fsp3) is 0.241. The predicted octanol–water partition coefficient (Wildman–Crippen LogP) is 6.54. The second-order valence-electron chi connectivity index (χ2n) is 7.95. The lowest BCUT2D eigenvalue weighted by atomic mass is 9.97. The Kier molecular flexibility index (Phi) is 9.95. The van der Waals surface area contributed by atoms with E-state index in [0.717, 1.165) is 45.1 Å². The van der Waals surface area contributed by atoms with Crippen LogP contribution in [0, 0.1) is 0 Å². The average molecular weight is 523 g/mol. The van der Waals surface area contributed by atoms with Crippen molar-refractivity contribution in [3.05, 3.63) is 107 Å². The van der Waals surface area contributed by atoms with Crippen molar-refractivity contribution < 1.29 is 19.3 Å². The second kappa shape index (κ2) is 13.1. The predicted molar refractivity (Wildman–Crippen MR) is 142 cm³/mol. The van der Waals surface area contributed by atoms with Gasteiger partial charge in [-0.25, -0.2) is 0 Å². The highest BCUT2D eigenvalue weighted by atomic mass is 79.9. The van der Waals surface area contributed by atoms with Crippen LogP contribution in [0.15, 0.2) is 90.4 Å². The van der Waals surface area contributed by atoms with E-state index in [1.165, 1.54) is 0 Å². The molecule has 0 radical (unpaired) electrons. The quantitative estimate of drug-likeness (QED) is 0.204. The van der Waals surface area contributed by atoms with Crippen LogP contribution in [0.5, 0.6) is 11.5 Å². The second-order valence-corrected chi connectivity index (χ2v) is 8.87. The molecule has 0 aromatic heterocycles. The minimum absolute atomic E-state index is 0.104. The van der Waals surface area contributed by atoms with Gasteiger partial charge < -0.3 is 19.3 Å². The van der Waals surface area contributed by atoms with Crippen molar-refractivity contribution in [3.8, 4) is 22.6 Å². The van der Waals surface area contributed by atoms with Crippen LogP contribution in [0.1, 0.15) is 16.7 Å². The molecule has 0 aliphatic heterocycles. The maximum atomic E-state index is 10.1. The van der Waals surface area contributed by atoms with Crippen molar-refractivity contribution in [1.82, 2.24) is 0 Å². The molecule has 0 saturated heterocycles. The third-order valence-corrected chi connectivity index (χ3v) is 5.87. The van der Waals surface area contributed by atoms with Gasteiger partial charge in [-0.1, -0.05) is 52.3 Å². The standard InChI is InChI=1S/C29H31BrO4/c1-4-6-21-10-14-28(33-20-32-3)26(17-21)27-18-22(7-5-2)11-15-29(27)34-25(19-31)16-23-8-12-24(30)13-9-23/h4-5,8-15,17-18,25,31H,1-2,6-7,16,19-20H2,3H3. The Labute approximate surface area is 210 Å². The molecule has 1 N–H and O–H groups in total. The van der Waals surface area contributed by atoms with Crippen LogP contribution < -0.4 is 9.47 Å². The molecule has 0 spiro atoms. The Bertz CT molecular complexity index is 1090. The summed E-state index contributed by atoms with van der Waals surface area (Å²) in [6.07, 6.45) is 5.41. The number of hydrogen-bond donors (Lipinski definition) is 1. The molecule has 0 fully saturated rings. The zero-order valence-electron chi connectivity index (χ0n) is 19.5. The molecule has 0 heterocycles. The van der Waals surface area contributed by atoms with E-state index >= 15 is 0 Å².